The molecule has 2 fully saturated rings. The van der Waals surface area contributed by atoms with E-state index in [1.54, 1.807) is 31.4 Å². The van der Waals surface area contributed by atoms with Gasteiger partial charge in [0.15, 0.2) is 0 Å². The maximum absolute atomic E-state index is 12.6. The maximum Gasteiger partial charge on any atom is 0.243 e. The van der Waals surface area contributed by atoms with Crippen molar-refractivity contribution in [1.82, 2.24) is 9.62 Å². The van der Waals surface area contributed by atoms with Gasteiger partial charge in [0.2, 0.25) is 10.0 Å². The Morgan fingerprint density at radius 2 is 1.80 bits per heavy atom. The fraction of sp³-hybridized carbons (Fsp3) is 0.538. The van der Waals surface area contributed by atoms with E-state index in [1.165, 1.54) is 4.31 Å². The molecule has 20 heavy (non-hydrogen) atoms. The smallest absolute Gasteiger partial charge is 0.243 e. The number of ether oxygens (including phenoxy) is 2. The van der Waals surface area contributed by atoms with Gasteiger partial charge in [-0.1, -0.05) is 0 Å². The third-order valence-corrected chi connectivity index (χ3v) is 5.49. The predicted octanol–water partition coefficient (Wildman–Crippen LogP) is 0.0565. The first-order chi connectivity index (χ1) is 9.59. The van der Waals surface area contributed by atoms with Crippen LogP contribution in [-0.4, -0.2) is 58.2 Å². The lowest BCUT2D eigenvalue weighted by Gasteiger charge is -2.41. The summed E-state index contributed by atoms with van der Waals surface area (Å²) < 4.78 is 37.6. The minimum atomic E-state index is -3.46. The molecule has 0 spiro atoms. The van der Waals surface area contributed by atoms with Gasteiger partial charge in [0.05, 0.1) is 24.2 Å². The van der Waals surface area contributed by atoms with E-state index in [4.69, 9.17) is 9.47 Å². The van der Waals surface area contributed by atoms with Gasteiger partial charge in [0.25, 0.3) is 0 Å². The molecule has 2 unspecified atom stereocenters. The fourth-order valence-corrected chi connectivity index (χ4v) is 4.11. The Balaban J connectivity index is 1.83. The Morgan fingerprint density at radius 3 is 2.35 bits per heavy atom. The quantitative estimate of drug-likeness (QED) is 0.854. The van der Waals surface area contributed by atoms with Crippen LogP contribution < -0.4 is 10.1 Å². The molecule has 3 rings (SSSR count). The molecule has 1 aromatic carbocycles. The molecule has 2 atom stereocenters. The van der Waals surface area contributed by atoms with Crippen molar-refractivity contribution in [2.45, 2.75) is 17.1 Å². The van der Waals surface area contributed by atoms with Crippen LogP contribution in [0.25, 0.3) is 0 Å². The number of rotatable bonds is 3. The van der Waals surface area contributed by atoms with E-state index in [-0.39, 0.29) is 12.2 Å². The lowest BCUT2D eigenvalue weighted by molar-refractivity contribution is -0.0824. The van der Waals surface area contributed by atoms with E-state index >= 15 is 0 Å². The molecule has 0 aliphatic carbocycles. The van der Waals surface area contributed by atoms with Crippen LogP contribution in [0.1, 0.15) is 0 Å². The molecule has 2 aliphatic rings. The summed E-state index contributed by atoms with van der Waals surface area (Å²) in [5, 5.41) is 3.25. The summed E-state index contributed by atoms with van der Waals surface area (Å²) in [6.07, 6.45) is -0.119. The van der Waals surface area contributed by atoms with Crippen LogP contribution in [0.2, 0.25) is 0 Å². The monoisotopic (exact) mass is 298 g/mol. The molecule has 2 bridgehead atoms. The number of nitrogens with one attached hydrogen (secondary N) is 1. The summed E-state index contributed by atoms with van der Waals surface area (Å²) in [5.41, 5.74) is 0. The summed E-state index contributed by atoms with van der Waals surface area (Å²) in [5.74, 6) is 0.645. The van der Waals surface area contributed by atoms with Crippen molar-refractivity contribution in [3.63, 3.8) is 0 Å². The molecular formula is C13H18N2O4S. The van der Waals surface area contributed by atoms with Crippen LogP contribution >= 0.6 is 0 Å². The van der Waals surface area contributed by atoms with Gasteiger partial charge in [-0.25, -0.2) is 8.42 Å². The number of hydrogen-bond donors (Lipinski definition) is 1. The van der Waals surface area contributed by atoms with Crippen molar-refractivity contribution in [2.24, 2.45) is 0 Å². The molecule has 0 saturated carbocycles. The highest BCUT2D eigenvalue weighted by Gasteiger charge is 2.37. The van der Waals surface area contributed by atoms with Crippen molar-refractivity contribution in [3.05, 3.63) is 24.3 Å². The molecular weight excluding hydrogens is 280 g/mol. The maximum atomic E-state index is 12.6. The van der Waals surface area contributed by atoms with Gasteiger partial charge in [-0.15, -0.1) is 0 Å². The highest BCUT2D eigenvalue weighted by atomic mass is 32.2. The molecule has 1 N–H and O–H groups in total. The minimum absolute atomic E-state index is 0.0597. The SMILES string of the molecule is COc1ccc(S(=O)(=O)N2CC3CNCC(C2)O3)cc1. The number of fused-ring (bicyclic) bond motifs is 2. The van der Waals surface area contributed by atoms with E-state index in [9.17, 15) is 8.42 Å². The average Bonchev–Trinajstić information content (AvgIpc) is 2.47. The third-order valence-electron chi connectivity index (χ3n) is 3.64. The number of nitrogens with zero attached hydrogens (tertiary/aromatic N) is 1. The molecule has 2 heterocycles. The number of sulfonamides is 1. The highest BCUT2D eigenvalue weighted by molar-refractivity contribution is 7.89. The summed E-state index contributed by atoms with van der Waals surface area (Å²) in [6, 6.07) is 6.49. The topological polar surface area (TPSA) is 67.9 Å². The fourth-order valence-electron chi connectivity index (χ4n) is 2.61. The Hall–Kier alpha value is -1.15. The van der Waals surface area contributed by atoms with E-state index in [0.717, 1.165) is 0 Å². The second-order valence-corrected chi connectivity index (χ2v) is 6.97. The number of methoxy groups -OCH3 is 1. The van der Waals surface area contributed by atoms with Crippen LogP contribution in [0, 0.1) is 0 Å². The number of benzene rings is 1. The van der Waals surface area contributed by atoms with E-state index in [0.29, 0.717) is 36.8 Å². The van der Waals surface area contributed by atoms with Crippen LogP contribution in [-0.2, 0) is 14.8 Å². The Morgan fingerprint density at radius 1 is 1.20 bits per heavy atom. The van der Waals surface area contributed by atoms with Gasteiger partial charge in [0.1, 0.15) is 5.75 Å². The van der Waals surface area contributed by atoms with Crippen molar-refractivity contribution >= 4 is 10.0 Å². The van der Waals surface area contributed by atoms with E-state index < -0.39 is 10.0 Å². The summed E-state index contributed by atoms with van der Waals surface area (Å²) in [4.78, 5) is 0.297. The Bertz CT molecular complexity index is 561. The second kappa shape index (κ2) is 5.33. The largest absolute Gasteiger partial charge is 0.497 e. The van der Waals surface area contributed by atoms with Crippen LogP contribution in [0.5, 0.6) is 5.75 Å². The first kappa shape index (κ1) is 13.8. The molecule has 0 radical (unpaired) electrons. The molecule has 2 aliphatic heterocycles. The van der Waals surface area contributed by atoms with Crippen LogP contribution in [0.4, 0.5) is 0 Å². The molecule has 1 aromatic rings. The Labute approximate surface area is 118 Å². The first-order valence-corrected chi connectivity index (χ1v) is 8.04. The van der Waals surface area contributed by atoms with Gasteiger partial charge >= 0.3 is 0 Å². The standard InChI is InChI=1S/C13H18N2O4S/c1-18-10-2-4-13(5-3-10)20(16,17)15-8-11-6-14-7-12(9-15)19-11/h2-5,11-12,14H,6-9H2,1H3. The van der Waals surface area contributed by atoms with Crippen LogP contribution in [0.15, 0.2) is 29.2 Å². The lowest BCUT2D eigenvalue weighted by atomic mass is 10.2. The van der Waals surface area contributed by atoms with Gasteiger partial charge in [-0.2, -0.15) is 4.31 Å². The minimum Gasteiger partial charge on any atom is -0.497 e. The Kier molecular flexibility index (Phi) is 3.68. The zero-order valence-electron chi connectivity index (χ0n) is 11.3. The van der Waals surface area contributed by atoms with Gasteiger partial charge in [-0.3, -0.25) is 0 Å². The van der Waals surface area contributed by atoms with E-state index in [2.05, 4.69) is 5.32 Å². The third kappa shape index (κ3) is 2.54. The zero-order valence-corrected chi connectivity index (χ0v) is 12.1. The predicted molar refractivity (Wildman–Crippen MR) is 73.3 cm³/mol. The summed E-state index contributed by atoms with van der Waals surface area (Å²) in [6.45, 7) is 2.20. The first-order valence-electron chi connectivity index (χ1n) is 6.60. The normalized spacial score (nSPS) is 27.2. The lowest BCUT2D eigenvalue weighted by Crippen LogP contribution is -2.59. The average molecular weight is 298 g/mol. The van der Waals surface area contributed by atoms with Crippen molar-refractivity contribution in [1.29, 1.82) is 0 Å². The van der Waals surface area contributed by atoms with Gasteiger partial charge < -0.3 is 14.8 Å². The molecule has 2 saturated heterocycles. The number of hydrogen-bond acceptors (Lipinski definition) is 5. The second-order valence-electron chi connectivity index (χ2n) is 5.04. The summed E-state index contributed by atoms with van der Waals surface area (Å²) in [7, 11) is -1.90. The van der Waals surface area contributed by atoms with Crippen molar-refractivity contribution in [2.75, 3.05) is 33.3 Å². The van der Waals surface area contributed by atoms with Crippen LogP contribution in [0.3, 0.4) is 0 Å². The summed E-state index contributed by atoms with van der Waals surface area (Å²) >= 11 is 0. The highest BCUT2D eigenvalue weighted by Crippen LogP contribution is 2.23. The van der Waals surface area contributed by atoms with Gasteiger partial charge in [0, 0.05) is 26.2 Å². The molecule has 6 nitrogen and oxygen atoms in total. The zero-order chi connectivity index (χ0) is 14.2. The molecule has 0 amide bonds. The van der Waals surface area contributed by atoms with Crippen molar-refractivity contribution in [3.8, 4) is 5.75 Å². The van der Waals surface area contributed by atoms with Gasteiger partial charge in [-0.05, 0) is 24.3 Å². The molecule has 0 aromatic heterocycles. The number of morpholine rings is 2. The van der Waals surface area contributed by atoms with E-state index in [1.807, 2.05) is 0 Å². The molecule has 110 valence electrons. The van der Waals surface area contributed by atoms with Crippen molar-refractivity contribution < 1.29 is 17.9 Å². The molecule has 7 heteroatoms.